The average Bonchev–Trinajstić information content (AvgIpc) is 2.18. The third-order valence-electron chi connectivity index (χ3n) is 2.00. The van der Waals surface area contributed by atoms with E-state index in [9.17, 15) is 9.59 Å². The maximum Gasteiger partial charge on any atom is 0.337 e. The van der Waals surface area contributed by atoms with E-state index in [1.807, 2.05) is 0 Å². The highest BCUT2D eigenvalue weighted by Crippen LogP contribution is 2.07. The van der Waals surface area contributed by atoms with Crippen LogP contribution in [0.3, 0.4) is 0 Å². The van der Waals surface area contributed by atoms with E-state index in [0.29, 0.717) is 5.52 Å². The van der Waals surface area contributed by atoms with Crippen LogP contribution >= 0.6 is 12.4 Å². The molecule has 2 heterocycles. The first-order chi connectivity index (χ1) is 6.70. The lowest BCUT2D eigenvalue weighted by molar-refractivity contribution is 0.0698. The van der Waals surface area contributed by atoms with Gasteiger partial charge in [-0.2, -0.15) is 0 Å². The summed E-state index contributed by atoms with van der Waals surface area (Å²) in [5.74, 6) is -1.03. The molecule has 0 aliphatic heterocycles. The molecular formula is C10H8ClNO3. The van der Waals surface area contributed by atoms with Crippen molar-refractivity contribution in [2.75, 3.05) is 0 Å². The zero-order valence-electron chi connectivity index (χ0n) is 7.58. The maximum absolute atomic E-state index is 11.3. The topological polar surface area (TPSA) is 58.8 Å². The molecule has 2 rings (SSSR count). The van der Waals surface area contributed by atoms with Gasteiger partial charge in [0.2, 0.25) is 0 Å². The van der Waals surface area contributed by atoms with Crippen LogP contribution in [0, 0.1) is 0 Å². The van der Waals surface area contributed by atoms with Crippen LogP contribution in [0.2, 0.25) is 0 Å². The Hall–Kier alpha value is -1.81. The number of carboxylic acids is 1. The number of rotatable bonds is 1. The molecule has 2 aromatic heterocycles. The number of carboxylic acid groups (broad SMARTS) is 1. The van der Waals surface area contributed by atoms with Crippen LogP contribution in [-0.2, 0) is 0 Å². The molecule has 5 heteroatoms. The van der Waals surface area contributed by atoms with Crippen LogP contribution < -0.4 is 5.56 Å². The Morgan fingerprint density at radius 2 is 1.93 bits per heavy atom. The molecule has 78 valence electrons. The summed E-state index contributed by atoms with van der Waals surface area (Å²) in [5.41, 5.74) is 0.309. The zero-order valence-corrected chi connectivity index (χ0v) is 8.40. The van der Waals surface area contributed by atoms with Crippen LogP contribution in [0.4, 0.5) is 0 Å². The fourth-order valence-electron chi connectivity index (χ4n) is 1.36. The minimum absolute atomic E-state index is 0. The summed E-state index contributed by atoms with van der Waals surface area (Å²) < 4.78 is 1.31. The lowest BCUT2D eigenvalue weighted by Gasteiger charge is -2.02. The van der Waals surface area contributed by atoms with Crippen molar-refractivity contribution in [1.82, 2.24) is 4.40 Å². The first kappa shape index (κ1) is 11.3. The van der Waals surface area contributed by atoms with Crippen molar-refractivity contribution in [2.24, 2.45) is 0 Å². The first-order valence-electron chi connectivity index (χ1n) is 4.04. The van der Waals surface area contributed by atoms with Crippen molar-refractivity contribution in [1.29, 1.82) is 0 Å². The summed E-state index contributed by atoms with van der Waals surface area (Å²) in [5, 5.41) is 8.86. The molecular weight excluding hydrogens is 218 g/mol. The Labute approximate surface area is 91.2 Å². The quantitative estimate of drug-likeness (QED) is 0.799. The Morgan fingerprint density at radius 3 is 2.60 bits per heavy atom. The van der Waals surface area contributed by atoms with Gasteiger partial charge >= 0.3 is 5.97 Å². The highest BCUT2D eigenvalue weighted by atomic mass is 35.5. The molecule has 0 amide bonds. The molecule has 0 bridgehead atoms. The molecule has 15 heavy (non-hydrogen) atoms. The first-order valence-corrected chi connectivity index (χ1v) is 4.04. The van der Waals surface area contributed by atoms with Gasteiger partial charge < -0.3 is 5.11 Å². The summed E-state index contributed by atoms with van der Waals surface area (Å²) in [7, 11) is 0. The lowest BCUT2D eigenvalue weighted by Crippen LogP contribution is -2.14. The number of hydrogen-bond acceptors (Lipinski definition) is 2. The van der Waals surface area contributed by atoms with E-state index in [1.54, 1.807) is 24.4 Å². The lowest BCUT2D eigenvalue weighted by atomic mass is 10.2. The number of pyridine rings is 2. The molecule has 1 N–H and O–H groups in total. The highest BCUT2D eigenvalue weighted by molar-refractivity contribution is 5.95. The van der Waals surface area contributed by atoms with Crippen molar-refractivity contribution < 1.29 is 9.90 Å². The number of hydrogen-bond donors (Lipinski definition) is 1. The predicted molar refractivity (Wildman–Crippen MR) is 57.9 cm³/mol. The van der Waals surface area contributed by atoms with Gasteiger partial charge in [0.05, 0.1) is 11.1 Å². The van der Waals surface area contributed by atoms with Gasteiger partial charge in [-0.05, 0) is 18.2 Å². The number of carbonyl (C=O) groups is 1. The summed E-state index contributed by atoms with van der Waals surface area (Å²) >= 11 is 0. The molecule has 0 spiro atoms. The Morgan fingerprint density at radius 1 is 1.20 bits per heavy atom. The predicted octanol–water partition coefficient (Wildman–Crippen LogP) is 1.42. The largest absolute Gasteiger partial charge is 0.478 e. The normalized spacial score (nSPS) is 9.60. The second-order valence-corrected chi connectivity index (χ2v) is 2.85. The molecule has 0 aliphatic carbocycles. The van der Waals surface area contributed by atoms with E-state index in [0.717, 1.165) is 0 Å². The average molecular weight is 226 g/mol. The Bertz CT molecular complexity index is 562. The molecule has 0 aliphatic rings. The van der Waals surface area contributed by atoms with Gasteiger partial charge in [-0.1, -0.05) is 6.07 Å². The molecule has 2 aromatic rings. The van der Waals surface area contributed by atoms with Gasteiger partial charge in [-0.25, -0.2) is 4.79 Å². The Kier molecular flexibility index (Phi) is 3.11. The minimum atomic E-state index is -1.03. The second-order valence-electron chi connectivity index (χ2n) is 2.85. The Balaban J connectivity index is 0.00000112. The molecule has 0 radical (unpaired) electrons. The summed E-state index contributed by atoms with van der Waals surface area (Å²) in [6.07, 6.45) is 1.55. The van der Waals surface area contributed by atoms with Crippen molar-refractivity contribution in [2.45, 2.75) is 0 Å². The molecule has 4 nitrogen and oxygen atoms in total. The summed E-state index contributed by atoms with van der Waals surface area (Å²) in [6, 6.07) is 7.54. The molecule has 0 atom stereocenters. The molecule has 0 saturated carbocycles. The van der Waals surface area contributed by atoms with Crippen LogP contribution in [0.25, 0.3) is 5.52 Å². The number of aromatic nitrogens is 1. The molecule has 0 saturated heterocycles. The summed E-state index contributed by atoms with van der Waals surface area (Å²) in [4.78, 5) is 22.1. The number of halogens is 1. The van der Waals surface area contributed by atoms with Gasteiger partial charge in [0, 0.05) is 12.3 Å². The standard InChI is InChI=1S/C10H7NO3.ClH/c12-9-5-4-7(10(13)14)8-3-1-2-6-11(8)9;/h1-6H,(H,13,14);1H. The van der Waals surface area contributed by atoms with Crippen LogP contribution in [0.1, 0.15) is 10.4 Å². The van der Waals surface area contributed by atoms with Crippen LogP contribution in [0.5, 0.6) is 0 Å². The monoisotopic (exact) mass is 225 g/mol. The molecule has 0 fully saturated rings. The van der Waals surface area contributed by atoms with Crippen molar-refractivity contribution in [3.63, 3.8) is 0 Å². The summed E-state index contributed by atoms with van der Waals surface area (Å²) in [6.45, 7) is 0. The second kappa shape index (κ2) is 4.14. The van der Waals surface area contributed by atoms with Gasteiger partial charge in [0.15, 0.2) is 0 Å². The fourth-order valence-corrected chi connectivity index (χ4v) is 1.36. The third-order valence-corrected chi connectivity index (χ3v) is 2.00. The minimum Gasteiger partial charge on any atom is -0.478 e. The van der Waals surface area contributed by atoms with Crippen LogP contribution in [-0.4, -0.2) is 15.5 Å². The fraction of sp³-hybridized carbons (Fsp3) is 0. The van der Waals surface area contributed by atoms with Crippen molar-refractivity contribution in [3.8, 4) is 0 Å². The number of fused-ring (bicyclic) bond motifs is 1. The van der Waals surface area contributed by atoms with Crippen molar-refractivity contribution >= 4 is 23.9 Å². The van der Waals surface area contributed by atoms with Gasteiger partial charge in [0.1, 0.15) is 0 Å². The third kappa shape index (κ3) is 1.85. The van der Waals surface area contributed by atoms with Crippen molar-refractivity contribution in [3.05, 3.63) is 52.4 Å². The SMILES string of the molecule is Cl.O=C(O)c1ccc(=O)n2ccccc12. The van der Waals surface area contributed by atoms with E-state index in [1.165, 1.54) is 16.5 Å². The van der Waals surface area contributed by atoms with Gasteiger partial charge in [-0.3, -0.25) is 9.20 Å². The smallest absolute Gasteiger partial charge is 0.337 e. The van der Waals surface area contributed by atoms with E-state index < -0.39 is 5.97 Å². The number of nitrogens with zero attached hydrogens (tertiary/aromatic N) is 1. The highest BCUT2D eigenvalue weighted by Gasteiger charge is 2.08. The van der Waals surface area contributed by atoms with Crippen LogP contribution in [0.15, 0.2) is 41.3 Å². The molecule has 0 aromatic carbocycles. The van der Waals surface area contributed by atoms with E-state index in [4.69, 9.17) is 5.11 Å². The van der Waals surface area contributed by atoms with Gasteiger partial charge in [0.25, 0.3) is 5.56 Å². The number of aromatic carboxylic acids is 1. The molecule has 0 unspecified atom stereocenters. The van der Waals surface area contributed by atoms with Gasteiger partial charge in [-0.15, -0.1) is 12.4 Å². The van der Waals surface area contributed by atoms with E-state index >= 15 is 0 Å². The maximum atomic E-state index is 11.3. The zero-order chi connectivity index (χ0) is 10.1. The van der Waals surface area contributed by atoms with E-state index in [2.05, 4.69) is 0 Å². The van der Waals surface area contributed by atoms with E-state index in [-0.39, 0.29) is 23.5 Å².